The quantitative estimate of drug-likeness (QED) is 0.664. The van der Waals surface area contributed by atoms with E-state index in [-0.39, 0.29) is 11.1 Å². The lowest BCUT2D eigenvalue weighted by Crippen LogP contribution is -2.29. The Labute approximate surface area is 167 Å². The fourth-order valence-corrected chi connectivity index (χ4v) is 3.22. The van der Waals surface area contributed by atoms with Crippen LogP contribution < -0.4 is 10.9 Å². The number of aryl methyl sites for hydroxylation is 2. The maximum atomic E-state index is 12.8. The molecule has 1 amide bonds. The smallest absolute Gasteiger partial charge is 0.263 e. The Bertz CT molecular complexity index is 1070. The van der Waals surface area contributed by atoms with E-state index in [1.807, 2.05) is 32.0 Å². The van der Waals surface area contributed by atoms with E-state index in [4.69, 9.17) is 23.2 Å². The van der Waals surface area contributed by atoms with Gasteiger partial charge >= 0.3 is 0 Å². The summed E-state index contributed by atoms with van der Waals surface area (Å²) in [5.41, 5.74) is 3.34. The van der Waals surface area contributed by atoms with E-state index in [2.05, 4.69) is 5.32 Å². The minimum atomic E-state index is -0.514. The fraction of sp³-hybridized carbons (Fsp3) is 0.143. The fourth-order valence-electron chi connectivity index (χ4n) is 2.77. The van der Waals surface area contributed by atoms with Crippen LogP contribution in [0.2, 0.25) is 10.0 Å². The van der Waals surface area contributed by atoms with Crippen LogP contribution in [-0.4, -0.2) is 10.5 Å². The predicted octanol–water partition coefficient (Wildman–Crippen LogP) is 5.07. The molecular weight excluding hydrogens is 383 g/mol. The number of hydrogen-bond donors (Lipinski definition) is 1. The highest BCUT2D eigenvalue weighted by Crippen LogP contribution is 2.25. The second kappa shape index (κ2) is 7.99. The zero-order valence-electron chi connectivity index (χ0n) is 14.9. The van der Waals surface area contributed by atoms with Crippen molar-refractivity contribution in [3.8, 4) is 0 Å². The summed E-state index contributed by atoms with van der Waals surface area (Å²) in [5.74, 6) is -0.514. The second-order valence-electron chi connectivity index (χ2n) is 6.36. The van der Waals surface area contributed by atoms with Gasteiger partial charge in [-0.25, -0.2) is 0 Å². The minimum absolute atomic E-state index is 0.0498. The third kappa shape index (κ3) is 4.41. The van der Waals surface area contributed by atoms with Crippen LogP contribution in [0, 0.1) is 13.8 Å². The average Bonchev–Trinajstić information content (AvgIpc) is 2.62. The van der Waals surface area contributed by atoms with Crippen LogP contribution >= 0.6 is 23.2 Å². The van der Waals surface area contributed by atoms with Gasteiger partial charge in [-0.1, -0.05) is 47.0 Å². The lowest BCUT2D eigenvalue weighted by Gasteiger charge is -2.12. The highest BCUT2D eigenvalue weighted by molar-refractivity contribution is 6.36. The van der Waals surface area contributed by atoms with Crippen LogP contribution in [0.4, 0.5) is 5.69 Å². The van der Waals surface area contributed by atoms with Crippen LogP contribution in [-0.2, 0) is 6.54 Å². The molecule has 138 valence electrons. The number of carbonyl (C=O) groups is 1. The molecule has 0 aliphatic heterocycles. The topological polar surface area (TPSA) is 51.1 Å². The first-order chi connectivity index (χ1) is 12.8. The zero-order chi connectivity index (χ0) is 19.6. The van der Waals surface area contributed by atoms with Crippen molar-refractivity contribution in [2.45, 2.75) is 20.4 Å². The molecule has 0 atom stereocenters. The molecule has 0 saturated carbocycles. The van der Waals surface area contributed by atoms with Gasteiger partial charge in [0.05, 0.1) is 17.3 Å². The van der Waals surface area contributed by atoms with E-state index in [1.54, 1.807) is 24.4 Å². The van der Waals surface area contributed by atoms with Gasteiger partial charge in [0.25, 0.3) is 11.5 Å². The van der Waals surface area contributed by atoms with Crippen LogP contribution in [0.5, 0.6) is 0 Å². The Kier molecular flexibility index (Phi) is 5.68. The Balaban J connectivity index is 1.89. The van der Waals surface area contributed by atoms with Gasteiger partial charge < -0.3 is 9.88 Å². The molecule has 3 aromatic rings. The molecule has 2 aromatic carbocycles. The molecule has 0 aliphatic carbocycles. The summed E-state index contributed by atoms with van der Waals surface area (Å²) in [6.45, 7) is 4.40. The lowest BCUT2D eigenvalue weighted by atomic mass is 10.1. The normalized spacial score (nSPS) is 10.7. The summed E-state index contributed by atoms with van der Waals surface area (Å²) >= 11 is 12.0. The number of hydrogen-bond acceptors (Lipinski definition) is 2. The predicted molar refractivity (Wildman–Crippen MR) is 110 cm³/mol. The molecule has 3 rings (SSSR count). The number of nitrogens with one attached hydrogen (secondary N) is 1. The molecule has 0 fully saturated rings. The van der Waals surface area contributed by atoms with Crippen molar-refractivity contribution in [1.29, 1.82) is 0 Å². The third-order valence-corrected chi connectivity index (χ3v) is 4.84. The largest absolute Gasteiger partial charge is 0.320 e. The standard InChI is InChI=1S/C21H18Cl2N2O2/c1-13-5-6-14(2)15(10-13)12-25-9-3-4-17(21(25)27)20(26)24-19-8-7-16(22)11-18(19)23/h3-11H,12H2,1-2H3,(H,24,26). The van der Waals surface area contributed by atoms with Gasteiger partial charge in [-0.2, -0.15) is 0 Å². The van der Waals surface area contributed by atoms with Crippen molar-refractivity contribution < 1.29 is 4.79 Å². The Hall–Kier alpha value is -2.56. The van der Waals surface area contributed by atoms with Gasteiger partial charge in [-0.15, -0.1) is 0 Å². The minimum Gasteiger partial charge on any atom is -0.320 e. The van der Waals surface area contributed by atoms with E-state index >= 15 is 0 Å². The Morgan fingerprint density at radius 2 is 1.85 bits per heavy atom. The van der Waals surface area contributed by atoms with Gasteiger partial charge in [0.15, 0.2) is 0 Å². The molecule has 1 N–H and O–H groups in total. The molecule has 4 nitrogen and oxygen atoms in total. The summed E-state index contributed by atoms with van der Waals surface area (Å²) < 4.78 is 1.53. The molecule has 6 heteroatoms. The number of aromatic nitrogens is 1. The lowest BCUT2D eigenvalue weighted by molar-refractivity contribution is 0.102. The van der Waals surface area contributed by atoms with E-state index < -0.39 is 5.91 Å². The van der Waals surface area contributed by atoms with Gasteiger partial charge in [-0.05, 0) is 55.3 Å². The average molecular weight is 401 g/mol. The molecule has 0 unspecified atom stereocenters. The number of pyridine rings is 1. The van der Waals surface area contributed by atoms with E-state index in [0.717, 1.165) is 16.7 Å². The molecule has 0 spiro atoms. The number of amides is 1. The van der Waals surface area contributed by atoms with Crippen molar-refractivity contribution >= 4 is 34.8 Å². The molecule has 0 bridgehead atoms. The summed E-state index contributed by atoms with van der Waals surface area (Å²) in [7, 11) is 0. The first-order valence-corrected chi connectivity index (χ1v) is 9.13. The van der Waals surface area contributed by atoms with Crippen LogP contribution in [0.15, 0.2) is 59.5 Å². The van der Waals surface area contributed by atoms with Gasteiger partial charge in [0.1, 0.15) is 5.56 Å². The maximum absolute atomic E-state index is 12.8. The molecule has 1 aromatic heterocycles. The molecule has 0 aliphatic rings. The summed E-state index contributed by atoms with van der Waals surface area (Å²) in [6.07, 6.45) is 1.68. The molecule has 27 heavy (non-hydrogen) atoms. The number of nitrogens with zero attached hydrogens (tertiary/aromatic N) is 1. The molecule has 0 radical (unpaired) electrons. The van der Waals surface area contributed by atoms with Crippen molar-refractivity contribution in [1.82, 2.24) is 4.57 Å². The maximum Gasteiger partial charge on any atom is 0.263 e. The van der Waals surface area contributed by atoms with E-state index in [0.29, 0.717) is 22.3 Å². The first-order valence-electron chi connectivity index (χ1n) is 8.37. The monoisotopic (exact) mass is 400 g/mol. The highest BCUT2D eigenvalue weighted by Gasteiger charge is 2.14. The van der Waals surface area contributed by atoms with Crippen molar-refractivity contribution in [3.05, 3.63) is 97.4 Å². The number of anilines is 1. The first kappa shape index (κ1) is 19.2. The summed E-state index contributed by atoms with van der Waals surface area (Å²) in [6, 6.07) is 14.0. The second-order valence-corrected chi connectivity index (χ2v) is 7.21. The van der Waals surface area contributed by atoms with Gasteiger partial charge in [0.2, 0.25) is 0 Å². The van der Waals surface area contributed by atoms with Crippen molar-refractivity contribution in [2.75, 3.05) is 5.32 Å². The molecular formula is C21H18Cl2N2O2. The molecule has 0 saturated heterocycles. The Morgan fingerprint density at radius 1 is 1.07 bits per heavy atom. The number of benzene rings is 2. The van der Waals surface area contributed by atoms with E-state index in [1.165, 1.54) is 16.7 Å². The van der Waals surface area contributed by atoms with Crippen molar-refractivity contribution in [2.24, 2.45) is 0 Å². The Morgan fingerprint density at radius 3 is 2.59 bits per heavy atom. The number of halogens is 2. The SMILES string of the molecule is Cc1ccc(C)c(Cn2cccc(C(=O)Nc3ccc(Cl)cc3Cl)c2=O)c1. The van der Waals surface area contributed by atoms with E-state index in [9.17, 15) is 9.59 Å². The highest BCUT2D eigenvalue weighted by atomic mass is 35.5. The van der Waals surface area contributed by atoms with Crippen LogP contribution in [0.25, 0.3) is 0 Å². The third-order valence-electron chi connectivity index (χ3n) is 4.29. The van der Waals surface area contributed by atoms with Gasteiger partial charge in [0, 0.05) is 11.2 Å². The summed E-state index contributed by atoms with van der Waals surface area (Å²) in [4.78, 5) is 25.4. The number of rotatable bonds is 4. The van der Waals surface area contributed by atoms with Crippen LogP contribution in [0.3, 0.4) is 0 Å². The van der Waals surface area contributed by atoms with Gasteiger partial charge in [-0.3, -0.25) is 9.59 Å². The number of carbonyl (C=O) groups excluding carboxylic acids is 1. The zero-order valence-corrected chi connectivity index (χ0v) is 16.4. The summed E-state index contributed by atoms with van der Waals surface area (Å²) in [5, 5.41) is 3.44. The molecule has 1 heterocycles. The van der Waals surface area contributed by atoms with Crippen LogP contribution in [0.1, 0.15) is 27.0 Å². The van der Waals surface area contributed by atoms with Crippen molar-refractivity contribution in [3.63, 3.8) is 0 Å².